The Kier molecular flexibility index (Phi) is 5.83. The molecule has 20 heavy (non-hydrogen) atoms. The van der Waals surface area contributed by atoms with Crippen molar-refractivity contribution in [2.75, 3.05) is 12.4 Å². The summed E-state index contributed by atoms with van der Waals surface area (Å²) in [7, 11) is 1.50. The van der Waals surface area contributed by atoms with E-state index in [4.69, 9.17) is 9.84 Å². The molecule has 1 rings (SSSR count). The number of methoxy groups -OCH3 is 1. The van der Waals surface area contributed by atoms with Gasteiger partial charge in [-0.05, 0) is 18.1 Å². The Morgan fingerprint density at radius 1 is 1.35 bits per heavy atom. The van der Waals surface area contributed by atoms with Crippen LogP contribution in [-0.4, -0.2) is 30.3 Å². The zero-order chi connectivity index (χ0) is 15.1. The topological polar surface area (TPSA) is 87.7 Å². The monoisotopic (exact) mass is 280 g/mol. The molecular weight excluding hydrogens is 260 g/mol. The highest BCUT2D eigenvalue weighted by Crippen LogP contribution is 2.22. The minimum Gasteiger partial charge on any atom is -0.495 e. The van der Waals surface area contributed by atoms with Crippen molar-refractivity contribution in [2.45, 2.75) is 26.3 Å². The first-order chi connectivity index (χ1) is 9.49. The number of anilines is 1. The highest BCUT2D eigenvalue weighted by Gasteiger charge is 2.25. The molecule has 110 valence electrons. The van der Waals surface area contributed by atoms with Gasteiger partial charge < -0.3 is 20.5 Å². The van der Waals surface area contributed by atoms with Crippen molar-refractivity contribution in [2.24, 2.45) is 5.92 Å². The van der Waals surface area contributed by atoms with Crippen LogP contribution in [0.25, 0.3) is 0 Å². The molecule has 3 N–H and O–H groups in total. The Balaban J connectivity index is 2.73. The summed E-state index contributed by atoms with van der Waals surface area (Å²) in [5, 5.41) is 14.2. The van der Waals surface area contributed by atoms with E-state index in [9.17, 15) is 9.59 Å². The summed E-state index contributed by atoms with van der Waals surface area (Å²) in [4.78, 5) is 23.0. The van der Waals surface area contributed by atoms with Crippen molar-refractivity contribution in [3.05, 3.63) is 24.3 Å². The Hall–Kier alpha value is -2.24. The van der Waals surface area contributed by atoms with Gasteiger partial charge in [-0.1, -0.05) is 32.4 Å². The van der Waals surface area contributed by atoms with Gasteiger partial charge in [-0.3, -0.25) is 0 Å². The number of urea groups is 1. The fourth-order valence-electron chi connectivity index (χ4n) is 1.73. The molecule has 0 aliphatic heterocycles. The predicted octanol–water partition coefficient (Wildman–Crippen LogP) is 2.32. The molecule has 1 aromatic carbocycles. The number of nitrogens with one attached hydrogen (secondary N) is 2. The quantitative estimate of drug-likeness (QED) is 0.746. The molecule has 0 fully saturated rings. The van der Waals surface area contributed by atoms with Crippen molar-refractivity contribution in [1.29, 1.82) is 0 Å². The number of benzene rings is 1. The van der Waals surface area contributed by atoms with Crippen LogP contribution < -0.4 is 15.4 Å². The molecule has 0 bridgehead atoms. The van der Waals surface area contributed by atoms with Gasteiger partial charge in [0.15, 0.2) is 0 Å². The van der Waals surface area contributed by atoms with E-state index in [1.807, 2.05) is 6.92 Å². The van der Waals surface area contributed by atoms with Crippen molar-refractivity contribution in [1.82, 2.24) is 5.32 Å². The van der Waals surface area contributed by atoms with Gasteiger partial charge in [-0.15, -0.1) is 0 Å². The number of carboxylic acid groups (broad SMARTS) is 1. The van der Waals surface area contributed by atoms with Crippen LogP contribution in [0.3, 0.4) is 0 Å². The molecule has 6 heteroatoms. The zero-order valence-corrected chi connectivity index (χ0v) is 11.8. The maximum Gasteiger partial charge on any atom is 0.326 e. The number of carbonyl (C=O) groups is 2. The van der Waals surface area contributed by atoms with Crippen LogP contribution in [-0.2, 0) is 4.79 Å². The first-order valence-electron chi connectivity index (χ1n) is 6.42. The van der Waals surface area contributed by atoms with Crippen LogP contribution in [0.5, 0.6) is 5.75 Å². The van der Waals surface area contributed by atoms with Crippen molar-refractivity contribution in [3.8, 4) is 5.75 Å². The van der Waals surface area contributed by atoms with Crippen LogP contribution in [0.2, 0.25) is 0 Å². The number of para-hydroxylation sites is 2. The van der Waals surface area contributed by atoms with E-state index in [2.05, 4.69) is 10.6 Å². The highest BCUT2D eigenvalue weighted by atomic mass is 16.5. The van der Waals surface area contributed by atoms with Gasteiger partial charge in [0.25, 0.3) is 0 Å². The van der Waals surface area contributed by atoms with E-state index >= 15 is 0 Å². The number of rotatable bonds is 6. The van der Waals surface area contributed by atoms with Crippen molar-refractivity contribution < 1.29 is 19.4 Å². The number of carboxylic acids is 1. The van der Waals surface area contributed by atoms with E-state index in [0.717, 1.165) is 0 Å². The molecule has 0 aromatic heterocycles. The van der Waals surface area contributed by atoms with E-state index in [-0.39, 0.29) is 5.92 Å². The second-order valence-electron chi connectivity index (χ2n) is 4.50. The number of hydrogen-bond acceptors (Lipinski definition) is 3. The molecule has 0 aliphatic carbocycles. The molecule has 6 nitrogen and oxygen atoms in total. The molecule has 0 saturated heterocycles. The lowest BCUT2D eigenvalue weighted by Gasteiger charge is -2.20. The molecular formula is C14H20N2O4. The van der Waals surface area contributed by atoms with Crippen LogP contribution in [0, 0.1) is 5.92 Å². The number of aliphatic carboxylic acids is 1. The van der Waals surface area contributed by atoms with Gasteiger partial charge in [0.2, 0.25) is 0 Å². The minimum atomic E-state index is -1.05. The smallest absolute Gasteiger partial charge is 0.326 e. The molecule has 0 aliphatic rings. The summed E-state index contributed by atoms with van der Waals surface area (Å²) >= 11 is 0. The van der Waals surface area contributed by atoms with Gasteiger partial charge in [-0.25, -0.2) is 9.59 Å². The Morgan fingerprint density at radius 2 is 2.00 bits per heavy atom. The second-order valence-corrected chi connectivity index (χ2v) is 4.50. The fraction of sp³-hybridized carbons (Fsp3) is 0.429. The Morgan fingerprint density at radius 3 is 2.55 bits per heavy atom. The summed E-state index contributed by atoms with van der Waals surface area (Å²) in [6.45, 7) is 3.66. The average Bonchev–Trinajstić information content (AvgIpc) is 2.44. The maximum absolute atomic E-state index is 11.9. The summed E-state index contributed by atoms with van der Waals surface area (Å²) in [6, 6.07) is 5.43. The molecule has 2 unspecified atom stereocenters. The van der Waals surface area contributed by atoms with Gasteiger partial charge in [-0.2, -0.15) is 0 Å². The first-order valence-corrected chi connectivity index (χ1v) is 6.42. The SMILES string of the molecule is CCC(C)C(NC(=O)Nc1ccccc1OC)C(=O)O. The van der Waals surface area contributed by atoms with Crippen LogP contribution in [0.4, 0.5) is 10.5 Å². The van der Waals surface area contributed by atoms with Crippen molar-refractivity contribution >= 4 is 17.7 Å². The van der Waals surface area contributed by atoms with Crippen LogP contribution in [0.15, 0.2) is 24.3 Å². The van der Waals surface area contributed by atoms with Crippen LogP contribution >= 0.6 is 0 Å². The molecule has 0 heterocycles. The third kappa shape index (κ3) is 4.15. The number of hydrogen-bond donors (Lipinski definition) is 3. The normalized spacial score (nSPS) is 13.2. The van der Waals surface area contributed by atoms with Gasteiger partial charge in [0.1, 0.15) is 11.8 Å². The fourth-order valence-corrected chi connectivity index (χ4v) is 1.73. The lowest BCUT2D eigenvalue weighted by molar-refractivity contribution is -0.140. The predicted molar refractivity (Wildman–Crippen MR) is 76.0 cm³/mol. The second kappa shape index (κ2) is 7.37. The van der Waals surface area contributed by atoms with Gasteiger partial charge >= 0.3 is 12.0 Å². The maximum atomic E-state index is 11.9. The third-order valence-electron chi connectivity index (χ3n) is 3.12. The number of carbonyl (C=O) groups excluding carboxylic acids is 1. The highest BCUT2D eigenvalue weighted by molar-refractivity contribution is 5.93. The molecule has 0 spiro atoms. The lowest BCUT2D eigenvalue weighted by Crippen LogP contribution is -2.46. The number of amides is 2. The molecule has 2 atom stereocenters. The minimum absolute atomic E-state index is 0.157. The van der Waals surface area contributed by atoms with Crippen molar-refractivity contribution in [3.63, 3.8) is 0 Å². The molecule has 1 aromatic rings. The summed E-state index contributed by atoms with van der Waals surface area (Å²) in [6.07, 6.45) is 0.659. The lowest BCUT2D eigenvalue weighted by atomic mass is 9.99. The van der Waals surface area contributed by atoms with Crippen LogP contribution in [0.1, 0.15) is 20.3 Å². The molecule has 0 radical (unpaired) electrons. The van der Waals surface area contributed by atoms with E-state index in [1.54, 1.807) is 31.2 Å². The Bertz CT molecular complexity index is 476. The summed E-state index contributed by atoms with van der Waals surface area (Å²) in [5.41, 5.74) is 0.487. The van der Waals surface area contributed by atoms with Gasteiger partial charge in [0, 0.05) is 0 Å². The largest absolute Gasteiger partial charge is 0.495 e. The van der Waals surface area contributed by atoms with E-state index in [0.29, 0.717) is 17.9 Å². The average molecular weight is 280 g/mol. The van der Waals surface area contributed by atoms with E-state index in [1.165, 1.54) is 7.11 Å². The summed E-state index contributed by atoms with van der Waals surface area (Å²) in [5.74, 6) is -0.691. The molecule has 2 amide bonds. The number of ether oxygens (including phenoxy) is 1. The third-order valence-corrected chi connectivity index (χ3v) is 3.12. The zero-order valence-electron chi connectivity index (χ0n) is 11.8. The van der Waals surface area contributed by atoms with Gasteiger partial charge in [0.05, 0.1) is 12.8 Å². The Labute approximate surface area is 118 Å². The first kappa shape index (κ1) is 15.8. The molecule has 0 saturated carbocycles. The van der Waals surface area contributed by atoms with E-state index < -0.39 is 18.0 Å². The summed E-state index contributed by atoms with van der Waals surface area (Å²) < 4.78 is 5.11. The standard InChI is InChI=1S/C14H20N2O4/c1-4-9(2)12(13(17)18)16-14(19)15-10-7-5-6-8-11(10)20-3/h5-9,12H,4H2,1-3H3,(H,17,18)(H2,15,16,19).